The van der Waals surface area contributed by atoms with Gasteiger partial charge in [-0.05, 0) is 18.5 Å². The molecule has 0 bridgehead atoms. The Labute approximate surface area is 195 Å². The molecule has 6 rings (SSSR count). The van der Waals surface area contributed by atoms with E-state index in [-0.39, 0.29) is 6.10 Å². The fourth-order valence-corrected chi connectivity index (χ4v) is 4.31. The first-order valence-electron chi connectivity index (χ1n) is 11.4. The van der Waals surface area contributed by atoms with Crippen molar-refractivity contribution in [3.8, 4) is 11.3 Å². The van der Waals surface area contributed by atoms with Crippen LogP contribution < -0.4 is 10.2 Å². The SMILES string of the molecule is Cn1cc(-c2cnc3nnn(CC4CN(c5ncc(C6=CCNCC6)cn5)CCO4)c3n2)cn1. The molecule has 12 nitrogen and oxygen atoms in total. The second-order valence-corrected chi connectivity index (χ2v) is 8.47. The number of aromatic nitrogens is 9. The number of nitrogens with one attached hydrogen (secondary N) is 1. The minimum atomic E-state index is -0.0992. The molecule has 1 fully saturated rings. The van der Waals surface area contributed by atoms with Crippen LogP contribution in [-0.2, 0) is 18.3 Å². The molecular formula is C22H25N11O. The molecule has 1 N–H and O–H groups in total. The minimum absolute atomic E-state index is 0.0992. The molecule has 0 amide bonds. The molecule has 34 heavy (non-hydrogen) atoms. The quantitative estimate of drug-likeness (QED) is 0.456. The first-order chi connectivity index (χ1) is 16.7. The molecule has 4 aromatic rings. The predicted molar refractivity (Wildman–Crippen MR) is 125 cm³/mol. The summed E-state index contributed by atoms with van der Waals surface area (Å²) in [5, 5.41) is 16.0. The van der Waals surface area contributed by atoms with E-state index < -0.39 is 0 Å². The molecule has 0 aromatic carbocycles. The van der Waals surface area contributed by atoms with Crippen LogP contribution in [0.25, 0.3) is 28.1 Å². The second-order valence-electron chi connectivity index (χ2n) is 8.47. The zero-order chi connectivity index (χ0) is 22.9. The van der Waals surface area contributed by atoms with Crippen molar-refractivity contribution in [2.75, 3.05) is 37.7 Å². The highest BCUT2D eigenvalue weighted by atomic mass is 16.5. The largest absolute Gasteiger partial charge is 0.373 e. The van der Waals surface area contributed by atoms with E-state index >= 15 is 0 Å². The Kier molecular flexibility index (Phi) is 5.43. The summed E-state index contributed by atoms with van der Waals surface area (Å²) in [6.45, 7) is 4.38. The van der Waals surface area contributed by atoms with Crippen molar-refractivity contribution in [1.82, 2.24) is 50.0 Å². The number of hydrogen-bond acceptors (Lipinski definition) is 10. The van der Waals surface area contributed by atoms with Crippen LogP contribution in [0, 0.1) is 0 Å². The Morgan fingerprint density at radius 2 is 2.03 bits per heavy atom. The van der Waals surface area contributed by atoms with Gasteiger partial charge in [-0.2, -0.15) is 5.10 Å². The van der Waals surface area contributed by atoms with E-state index in [4.69, 9.17) is 9.72 Å². The van der Waals surface area contributed by atoms with Gasteiger partial charge in [0.2, 0.25) is 11.6 Å². The standard InChI is InChI=1S/C22H25N11O/c1-31-12-17(10-27-31)19-11-24-20-21(28-19)33(30-29-20)14-18-13-32(6-7-34-18)22-25-8-16(9-26-22)15-2-4-23-5-3-15/h2,8-12,18,23H,3-7,13-14H2,1H3. The molecule has 1 unspecified atom stereocenters. The van der Waals surface area contributed by atoms with Crippen LogP contribution in [0.1, 0.15) is 12.0 Å². The van der Waals surface area contributed by atoms with Crippen molar-refractivity contribution in [2.45, 2.75) is 19.1 Å². The van der Waals surface area contributed by atoms with Crippen LogP contribution in [0.2, 0.25) is 0 Å². The fourth-order valence-electron chi connectivity index (χ4n) is 4.31. The molecule has 6 heterocycles. The number of ether oxygens (including phenoxy) is 1. The highest BCUT2D eigenvalue weighted by molar-refractivity contribution is 5.69. The number of aryl methyl sites for hydroxylation is 1. The summed E-state index contributed by atoms with van der Waals surface area (Å²) < 4.78 is 9.51. The normalized spacial score (nSPS) is 18.9. The average molecular weight is 460 g/mol. The van der Waals surface area contributed by atoms with Gasteiger partial charge < -0.3 is 15.0 Å². The van der Waals surface area contributed by atoms with Crippen LogP contribution in [-0.4, -0.2) is 83.6 Å². The zero-order valence-electron chi connectivity index (χ0n) is 18.9. The number of morpholine rings is 1. The minimum Gasteiger partial charge on any atom is -0.373 e. The van der Waals surface area contributed by atoms with Gasteiger partial charge in [0.05, 0.1) is 37.3 Å². The monoisotopic (exact) mass is 459 g/mol. The van der Waals surface area contributed by atoms with Gasteiger partial charge in [0.15, 0.2) is 5.65 Å². The molecule has 1 atom stereocenters. The maximum Gasteiger partial charge on any atom is 0.225 e. The molecule has 0 saturated carbocycles. The third-order valence-electron chi connectivity index (χ3n) is 6.10. The Bertz CT molecular complexity index is 1330. The van der Waals surface area contributed by atoms with E-state index in [1.165, 1.54) is 5.57 Å². The van der Waals surface area contributed by atoms with Crippen LogP contribution >= 0.6 is 0 Å². The van der Waals surface area contributed by atoms with Crippen LogP contribution in [0.3, 0.4) is 0 Å². The molecule has 2 aliphatic rings. The number of hydrogen-bond donors (Lipinski definition) is 1. The summed E-state index contributed by atoms with van der Waals surface area (Å²) in [5.41, 5.74) is 5.14. The van der Waals surface area contributed by atoms with Gasteiger partial charge in [0.25, 0.3) is 0 Å². The van der Waals surface area contributed by atoms with E-state index in [0.29, 0.717) is 36.9 Å². The predicted octanol–water partition coefficient (Wildman–Crippen LogP) is 0.694. The average Bonchev–Trinajstić information content (AvgIpc) is 3.51. The smallest absolute Gasteiger partial charge is 0.225 e. The van der Waals surface area contributed by atoms with E-state index in [9.17, 15) is 0 Å². The summed E-state index contributed by atoms with van der Waals surface area (Å²) in [5.74, 6) is 0.716. The fraction of sp³-hybridized carbons (Fsp3) is 0.409. The van der Waals surface area contributed by atoms with Crippen LogP contribution in [0.15, 0.2) is 37.1 Å². The third kappa shape index (κ3) is 4.13. The van der Waals surface area contributed by atoms with E-state index in [1.807, 2.05) is 25.6 Å². The Hall–Kier alpha value is -3.77. The van der Waals surface area contributed by atoms with Gasteiger partial charge in [0, 0.05) is 56.4 Å². The van der Waals surface area contributed by atoms with Crippen molar-refractivity contribution in [3.05, 3.63) is 42.6 Å². The summed E-state index contributed by atoms with van der Waals surface area (Å²) in [4.78, 5) is 20.6. The lowest BCUT2D eigenvalue weighted by atomic mass is 10.0. The highest BCUT2D eigenvalue weighted by Crippen LogP contribution is 2.21. The highest BCUT2D eigenvalue weighted by Gasteiger charge is 2.24. The number of nitrogens with zero attached hydrogens (tertiary/aromatic N) is 10. The lowest BCUT2D eigenvalue weighted by Crippen LogP contribution is -2.45. The first-order valence-corrected chi connectivity index (χ1v) is 11.4. The third-order valence-corrected chi connectivity index (χ3v) is 6.10. The van der Waals surface area contributed by atoms with Gasteiger partial charge in [-0.3, -0.25) is 4.68 Å². The number of fused-ring (bicyclic) bond motifs is 1. The molecule has 0 aliphatic carbocycles. The molecule has 2 aliphatic heterocycles. The van der Waals surface area contributed by atoms with Gasteiger partial charge in [-0.25, -0.2) is 24.6 Å². The van der Waals surface area contributed by atoms with E-state index in [1.54, 1.807) is 21.8 Å². The summed E-state index contributed by atoms with van der Waals surface area (Å²) >= 11 is 0. The van der Waals surface area contributed by atoms with Crippen molar-refractivity contribution in [1.29, 1.82) is 0 Å². The molecule has 4 aromatic heterocycles. The van der Waals surface area contributed by atoms with Crippen LogP contribution in [0.5, 0.6) is 0 Å². The van der Waals surface area contributed by atoms with Crippen molar-refractivity contribution in [3.63, 3.8) is 0 Å². The van der Waals surface area contributed by atoms with Crippen molar-refractivity contribution >= 4 is 22.8 Å². The summed E-state index contributed by atoms with van der Waals surface area (Å²) in [6, 6.07) is 0. The van der Waals surface area contributed by atoms with E-state index in [2.05, 4.69) is 46.7 Å². The topological polar surface area (TPSA) is 125 Å². The van der Waals surface area contributed by atoms with Crippen molar-refractivity contribution < 1.29 is 4.74 Å². The van der Waals surface area contributed by atoms with Gasteiger partial charge in [-0.15, -0.1) is 5.10 Å². The van der Waals surface area contributed by atoms with Crippen LogP contribution in [0.4, 0.5) is 5.95 Å². The number of anilines is 1. The lowest BCUT2D eigenvalue weighted by Gasteiger charge is -2.32. The lowest BCUT2D eigenvalue weighted by molar-refractivity contribution is 0.0273. The molecule has 12 heteroatoms. The Morgan fingerprint density at radius 3 is 2.82 bits per heavy atom. The maximum absolute atomic E-state index is 6.03. The summed E-state index contributed by atoms with van der Waals surface area (Å²) in [6.07, 6.45) is 12.3. The Balaban J connectivity index is 1.18. The van der Waals surface area contributed by atoms with Gasteiger partial charge >= 0.3 is 0 Å². The van der Waals surface area contributed by atoms with Gasteiger partial charge in [0.1, 0.15) is 0 Å². The number of rotatable bonds is 5. The van der Waals surface area contributed by atoms with E-state index in [0.717, 1.165) is 42.9 Å². The summed E-state index contributed by atoms with van der Waals surface area (Å²) in [7, 11) is 1.87. The molecule has 1 saturated heterocycles. The molecule has 174 valence electrons. The Morgan fingerprint density at radius 1 is 1.12 bits per heavy atom. The zero-order valence-corrected chi connectivity index (χ0v) is 18.9. The second kappa shape index (κ2) is 8.88. The molecular weight excluding hydrogens is 434 g/mol. The van der Waals surface area contributed by atoms with Gasteiger partial charge in [-0.1, -0.05) is 11.3 Å². The molecule has 0 spiro atoms. The molecule has 0 radical (unpaired) electrons. The van der Waals surface area contributed by atoms with Crippen molar-refractivity contribution in [2.24, 2.45) is 7.05 Å². The first kappa shape index (κ1) is 20.8. The maximum atomic E-state index is 6.03.